The normalized spacial score (nSPS) is 10.7. The van der Waals surface area contributed by atoms with Gasteiger partial charge < -0.3 is 9.30 Å². The van der Waals surface area contributed by atoms with E-state index in [2.05, 4.69) is 15.8 Å². The molecule has 0 radical (unpaired) electrons. The second-order valence-corrected chi connectivity index (χ2v) is 6.91. The molecule has 0 saturated heterocycles. The molecule has 29 heavy (non-hydrogen) atoms. The van der Waals surface area contributed by atoms with E-state index in [1.807, 2.05) is 50.5 Å². The highest BCUT2D eigenvalue weighted by Gasteiger charge is 2.18. The monoisotopic (exact) mass is 392 g/mol. The molecule has 0 aliphatic rings. The predicted octanol–water partition coefficient (Wildman–Crippen LogP) is 3.35. The third-order valence-electron chi connectivity index (χ3n) is 4.33. The van der Waals surface area contributed by atoms with Crippen LogP contribution in [-0.4, -0.2) is 27.5 Å². The van der Waals surface area contributed by atoms with Crippen molar-refractivity contribution in [3.8, 4) is 11.6 Å². The Balaban J connectivity index is 1.67. The average Bonchev–Trinajstić information content (AvgIpc) is 3.01. The smallest absolute Gasteiger partial charge is 0.271 e. The van der Waals surface area contributed by atoms with Crippen molar-refractivity contribution in [2.45, 2.75) is 33.8 Å². The quantitative estimate of drug-likeness (QED) is 0.652. The highest BCUT2D eigenvalue weighted by atomic mass is 16.5. The van der Waals surface area contributed by atoms with Crippen molar-refractivity contribution in [1.29, 1.82) is 0 Å². The first-order valence-electron chi connectivity index (χ1n) is 9.34. The van der Waals surface area contributed by atoms with E-state index in [0.717, 1.165) is 17.2 Å². The summed E-state index contributed by atoms with van der Waals surface area (Å²) in [4.78, 5) is 29.2. The van der Waals surface area contributed by atoms with E-state index < -0.39 is 11.8 Å². The molecule has 2 aromatic heterocycles. The summed E-state index contributed by atoms with van der Waals surface area (Å²) in [5, 5.41) is 0. The van der Waals surface area contributed by atoms with Gasteiger partial charge in [0.15, 0.2) is 0 Å². The average molecular weight is 392 g/mol. The van der Waals surface area contributed by atoms with Gasteiger partial charge in [0.05, 0.1) is 11.7 Å². The van der Waals surface area contributed by atoms with Gasteiger partial charge in [0.25, 0.3) is 11.8 Å². The summed E-state index contributed by atoms with van der Waals surface area (Å²) in [6, 6.07) is 14.1. The van der Waals surface area contributed by atoms with Crippen LogP contribution in [0.5, 0.6) is 5.75 Å². The van der Waals surface area contributed by atoms with Gasteiger partial charge in [-0.1, -0.05) is 6.07 Å². The Hall–Kier alpha value is -3.61. The summed E-state index contributed by atoms with van der Waals surface area (Å²) in [7, 11) is 0. The van der Waals surface area contributed by atoms with Gasteiger partial charge in [-0.15, -0.1) is 0 Å². The van der Waals surface area contributed by atoms with Crippen molar-refractivity contribution in [3.05, 3.63) is 77.2 Å². The van der Waals surface area contributed by atoms with Crippen molar-refractivity contribution in [2.75, 3.05) is 0 Å². The maximum atomic E-state index is 12.6. The van der Waals surface area contributed by atoms with Crippen molar-refractivity contribution in [1.82, 2.24) is 20.4 Å². The molecule has 0 spiro atoms. The predicted molar refractivity (Wildman–Crippen MR) is 110 cm³/mol. The number of carbonyl (C=O) groups excluding carboxylic acids is 2. The van der Waals surface area contributed by atoms with Crippen LogP contribution in [0.15, 0.2) is 54.7 Å². The zero-order chi connectivity index (χ0) is 21.0. The molecule has 0 saturated carbocycles. The fraction of sp³-hybridized carbons (Fsp3) is 0.227. The molecule has 0 aliphatic heterocycles. The van der Waals surface area contributed by atoms with Gasteiger partial charge in [-0.3, -0.25) is 20.4 Å². The van der Waals surface area contributed by atoms with E-state index in [-0.39, 0.29) is 6.10 Å². The van der Waals surface area contributed by atoms with Gasteiger partial charge in [0.2, 0.25) is 0 Å². The number of aryl methyl sites for hydroxylation is 1. The minimum atomic E-state index is -0.409. The summed E-state index contributed by atoms with van der Waals surface area (Å²) < 4.78 is 7.45. The maximum Gasteiger partial charge on any atom is 0.271 e. The van der Waals surface area contributed by atoms with Gasteiger partial charge >= 0.3 is 0 Å². The first-order chi connectivity index (χ1) is 13.9. The highest BCUT2D eigenvalue weighted by molar-refractivity contribution is 5.99. The summed E-state index contributed by atoms with van der Waals surface area (Å²) in [6.45, 7) is 7.60. The third kappa shape index (κ3) is 4.63. The van der Waals surface area contributed by atoms with Gasteiger partial charge in [-0.25, -0.2) is 4.98 Å². The molecule has 7 nitrogen and oxygen atoms in total. The molecule has 0 unspecified atom stereocenters. The fourth-order valence-electron chi connectivity index (χ4n) is 3.04. The van der Waals surface area contributed by atoms with Crippen molar-refractivity contribution < 1.29 is 14.3 Å². The molecule has 2 N–H and O–H groups in total. The van der Waals surface area contributed by atoms with Gasteiger partial charge in [-0.2, -0.15) is 0 Å². The Morgan fingerprint density at radius 2 is 1.69 bits per heavy atom. The minimum absolute atomic E-state index is 0.0547. The number of hydrogen-bond acceptors (Lipinski definition) is 4. The number of aromatic nitrogens is 2. The molecule has 0 fully saturated rings. The van der Waals surface area contributed by atoms with Crippen LogP contribution in [-0.2, 0) is 0 Å². The van der Waals surface area contributed by atoms with Crippen LogP contribution in [0.1, 0.15) is 46.0 Å². The number of hydrazine groups is 1. The van der Waals surface area contributed by atoms with E-state index >= 15 is 0 Å². The molecule has 7 heteroatoms. The number of benzene rings is 1. The Morgan fingerprint density at radius 3 is 2.31 bits per heavy atom. The molecule has 3 aromatic rings. The molecule has 2 heterocycles. The standard InChI is InChI=1S/C22H24N4O3/c1-14(2)29-18-10-8-17(9-11-18)21(27)24-25-22(28)19-13-15(3)26(16(19)4)20-7-5-6-12-23-20/h5-14H,1-4H3,(H,24,27)(H,25,28). The van der Waals surface area contributed by atoms with Gasteiger partial charge in [0, 0.05) is 23.1 Å². The van der Waals surface area contributed by atoms with Crippen LogP contribution < -0.4 is 15.6 Å². The zero-order valence-corrected chi connectivity index (χ0v) is 16.9. The maximum absolute atomic E-state index is 12.6. The Bertz CT molecular complexity index is 1010. The van der Waals surface area contributed by atoms with Crippen LogP contribution in [0.2, 0.25) is 0 Å². The van der Waals surface area contributed by atoms with E-state index in [9.17, 15) is 9.59 Å². The van der Waals surface area contributed by atoms with Gasteiger partial charge in [0.1, 0.15) is 11.6 Å². The Kier molecular flexibility index (Phi) is 5.97. The fourth-order valence-corrected chi connectivity index (χ4v) is 3.04. The van der Waals surface area contributed by atoms with E-state index in [1.54, 1.807) is 36.5 Å². The number of hydrogen-bond donors (Lipinski definition) is 2. The van der Waals surface area contributed by atoms with Gasteiger partial charge in [-0.05, 0) is 70.2 Å². The van der Waals surface area contributed by atoms with Crippen LogP contribution in [0.25, 0.3) is 5.82 Å². The number of amides is 2. The van der Waals surface area contributed by atoms with E-state index in [1.165, 1.54) is 0 Å². The summed E-state index contributed by atoms with van der Waals surface area (Å²) in [5.74, 6) is 0.609. The number of carbonyl (C=O) groups is 2. The zero-order valence-electron chi connectivity index (χ0n) is 16.9. The highest BCUT2D eigenvalue weighted by Crippen LogP contribution is 2.19. The van der Waals surface area contributed by atoms with Crippen LogP contribution in [0.3, 0.4) is 0 Å². The lowest BCUT2D eigenvalue weighted by Crippen LogP contribution is -2.41. The Labute approximate surface area is 169 Å². The summed E-state index contributed by atoms with van der Waals surface area (Å²) >= 11 is 0. The lowest BCUT2D eigenvalue weighted by Gasteiger charge is -2.11. The van der Waals surface area contributed by atoms with Crippen LogP contribution >= 0.6 is 0 Å². The molecule has 3 rings (SSSR count). The SMILES string of the molecule is Cc1cc(C(=O)NNC(=O)c2ccc(OC(C)C)cc2)c(C)n1-c1ccccn1. The molecule has 0 aliphatic carbocycles. The summed E-state index contributed by atoms with van der Waals surface area (Å²) in [6.07, 6.45) is 1.75. The molecule has 150 valence electrons. The second-order valence-electron chi connectivity index (χ2n) is 6.91. The van der Waals surface area contributed by atoms with E-state index in [0.29, 0.717) is 16.9 Å². The first-order valence-corrected chi connectivity index (χ1v) is 9.34. The lowest BCUT2D eigenvalue weighted by atomic mass is 10.2. The molecule has 2 amide bonds. The number of nitrogens with zero attached hydrogens (tertiary/aromatic N) is 2. The number of ether oxygens (including phenoxy) is 1. The van der Waals surface area contributed by atoms with Crippen molar-refractivity contribution in [2.24, 2.45) is 0 Å². The molecular formula is C22H24N4O3. The van der Waals surface area contributed by atoms with Crippen LogP contribution in [0, 0.1) is 13.8 Å². The molecular weight excluding hydrogens is 368 g/mol. The Morgan fingerprint density at radius 1 is 1.00 bits per heavy atom. The van der Waals surface area contributed by atoms with E-state index in [4.69, 9.17) is 4.74 Å². The number of pyridine rings is 1. The van der Waals surface area contributed by atoms with Crippen molar-refractivity contribution in [3.63, 3.8) is 0 Å². The van der Waals surface area contributed by atoms with Crippen molar-refractivity contribution >= 4 is 11.8 Å². The molecule has 0 bridgehead atoms. The third-order valence-corrected chi connectivity index (χ3v) is 4.33. The topological polar surface area (TPSA) is 85.3 Å². The second kappa shape index (κ2) is 8.60. The first kappa shape index (κ1) is 20.1. The summed E-state index contributed by atoms with van der Waals surface area (Å²) in [5.41, 5.74) is 7.42. The number of nitrogens with one attached hydrogen (secondary N) is 2. The largest absolute Gasteiger partial charge is 0.491 e. The molecule has 0 atom stereocenters. The lowest BCUT2D eigenvalue weighted by molar-refractivity contribution is 0.0846. The van der Waals surface area contributed by atoms with Crippen LogP contribution in [0.4, 0.5) is 0 Å². The molecule has 1 aromatic carbocycles. The number of rotatable bonds is 5. The minimum Gasteiger partial charge on any atom is -0.491 e.